The highest BCUT2D eigenvalue weighted by Crippen LogP contribution is 2.28. The van der Waals surface area contributed by atoms with Crippen LogP contribution in [0, 0.1) is 4.78 Å². The number of aromatic nitrogens is 1. The third-order valence-corrected chi connectivity index (χ3v) is 5.29. The summed E-state index contributed by atoms with van der Waals surface area (Å²) < 4.78 is 30.1. The van der Waals surface area contributed by atoms with Crippen LogP contribution in [0.2, 0.25) is 0 Å². The minimum atomic E-state index is -3.56. The predicted octanol–water partition coefficient (Wildman–Crippen LogP) is 2.79. The molecule has 1 atom stereocenters. The summed E-state index contributed by atoms with van der Waals surface area (Å²) in [4.78, 5) is 4.18. The number of hydrogen-bond acceptors (Lipinski definition) is 7. The smallest absolute Gasteiger partial charge is 0.486 e. The van der Waals surface area contributed by atoms with Gasteiger partial charge in [-0.05, 0) is 49.2 Å². The van der Waals surface area contributed by atoms with Crippen LogP contribution in [-0.4, -0.2) is 39.3 Å². The Balaban J connectivity index is 2.33. The normalized spacial score (nSPS) is 14.4. The lowest BCUT2D eigenvalue weighted by Gasteiger charge is -2.13. The fourth-order valence-electron chi connectivity index (χ4n) is 2.46. The number of nitrogens with zero attached hydrogens (tertiary/aromatic N) is 2. The summed E-state index contributed by atoms with van der Waals surface area (Å²) in [5.41, 5.74) is 2.01. The number of rotatable bonds is 8. The van der Waals surface area contributed by atoms with Crippen LogP contribution in [-0.2, 0) is 21.1 Å². The van der Waals surface area contributed by atoms with E-state index < -0.39 is 17.0 Å². The van der Waals surface area contributed by atoms with Crippen molar-refractivity contribution in [3.8, 4) is 5.75 Å². The van der Waals surface area contributed by atoms with Crippen LogP contribution in [0.1, 0.15) is 19.4 Å². The number of phenolic OH excluding ortho intramolecular Hbond substituents is 1. The minimum absolute atomic E-state index is 0.0210. The van der Waals surface area contributed by atoms with Crippen LogP contribution >= 0.6 is 0 Å². The van der Waals surface area contributed by atoms with Gasteiger partial charge in [0.1, 0.15) is 5.75 Å². The van der Waals surface area contributed by atoms with Crippen molar-refractivity contribution >= 4 is 28.4 Å². The number of benzene rings is 1. The van der Waals surface area contributed by atoms with Gasteiger partial charge in [0.15, 0.2) is 9.92 Å². The Bertz CT molecular complexity index is 978. The first-order valence-electron chi connectivity index (χ1n) is 8.43. The molecular weight excluding hydrogens is 379 g/mol. The van der Waals surface area contributed by atoms with E-state index in [-0.39, 0.29) is 10.6 Å². The highest BCUT2D eigenvalue weighted by Gasteiger charge is 2.17. The monoisotopic (exact) mass is 402 g/mol. The van der Waals surface area contributed by atoms with Crippen molar-refractivity contribution in [2.45, 2.75) is 25.3 Å². The van der Waals surface area contributed by atoms with Gasteiger partial charge in [-0.2, -0.15) is 4.40 Å². The van der Waals surface area contributed by atoms with Gasteiger partial charge in [-0.15, -0.1) is 0 Å². The second-order valence-electron chi connectivity index (χ2n) is 6.13. The molecule has 0 fully saturated rings. The van der Waals surface area contributed by atoms with E-state index >= 15 is 0 Å². The van der Waals surface area contributed by atoms with Crippen molar-refractivity contribution in [2.24, 2.45) is 4.40 Å². The number of pyridine rings is 1. The van der Waals surface area contributed by atoms with Gasteiger partial charge in [0.05, 0.1) is 10.6 Å². The first kappa shape index (κ1) is 21.6. The average molecular weight is 402 g/mol. The highest BCUT2D eigenvalue weighted by molar-refractivity contribution is 7.91. The topological polar surface area (TPSA) is 128 Å². The fourth-order valence-corrected chi connectivity index (χ4v) is 3.70. The second kappa shape index (κ2) is 9.49. The molecule has 2 rings (SSSR count). The fraction of sp³-hybridized carbons (Fsp3) is 0.222. The number of hydrogen-bond donors (Lipinski definition) is 4. The zero-order chi connectivity index (χ0) is 20.7. The zero-order valence-corrected chi connectivity index (χ0v) is 16.7. The molecule has 1 unspecified atom stereocenters. The Morgan fingerprint density at radius 2 is 2.18 bits per heavy atom. The van der Waals surface area contributed by atoms with Crippen molar-refractivity contribution in [1.29, 1.82) is 4.78 Å². The van der Waals surface area contributed by atoms with Crippen molar-refractivity contribution in [2.75, 3.05) is 12.4 Å². The van der Waals surface area contributed by atoms with Gasteiger partial charge in [-0.3, -0.25) is 4.98 Å². The summed E-state index contributed by atoms with van der Waals surface area (Å²) in [6.07, 6.45) is 4.85. The van der Waals surface area contributed by atoms with Crippen LogP contribution in [0.25, 0.3) is 0 Å². The quantitative estimate of drug-likeness (QED) is 0.397. The SMILES string of the molecule is COB(O)/C(C)=C/C(C)=NS(=N)(=O)c1ccc(O)cc1NCc1cccnc1. The standard InChI is InChI=1S/C18H23BN4O4S/c1-13(19(25)27-3)9-14(2)23-28(20,26)18-7-6-16(24)10-17(18)22-12-15-5-4-8-21-11-15/h4-11,20,22,24-25H,12H2,1-3H3/b13-9+,23-14?. The molecule has 1 aromatic heterocycles. The first-order valence-corrected chi connectivity index (χ1v) is 9.94. The number of aromatic hydroxyl groups is 1. The van der Waals surface area contributed by atoms with Crippen molar-refractivity contribution in [3.63, 3.8) is 0 Å². The summed E-state index contributed by atoms with van der Waals surface area (Å²) in [5, 5.41) is 22.5. The summed E-state index contributed by atoms with van der Waals surface area (Å²) in [7, 11) is -3.30. The molecule has 4 N–H and O–H groups in total. The van der Waals surface area contributed by atoms with E-state index in [9.17, 15) is 14.3 Å². The molecular formula is C18H23BN4O4S. The maximum absolute atomic E-state index is 13.0. The molecule has 1 aromatic carbocycles. The highest BCUT2D eigenvalue weighted by atomic mass is 32.2. The number of allylic oxidation sites excluding steroid dienone is 2. The lowest BCUT2D eigenvalue weighted by molar-refractivity contribution is 0.336. The number of nitrogens with one attached hydrogen (secondary N) is 2. The Kier molecular flexibility index (Phi) is 7.33. The Hall–Kier alpha value is -2.69. The van der Waals surface area contributed by atoms with Gasteiger partial charge >= 0.3 is 7.12 Å². The van der Waals surface area contributed by atoms with Gasteiger partial charge in [0.2, 0.25) is 0 Å². The molecule has 148 valence electrons. The van der Waals surface area contributed by atoms with Gasteiger partial charge in [-0.1, -0.05) is 6.07 Å². The summed E-state index contributed by atoms with van der Waals surface area (Å²) in [6, 6.07) is 7.84. The summed E-state index contributed by atoms with van der Waals surface area (Å²) in [6.45, 7) is 3.60. The van der Waals surface area contributed by atoms with Gasteiger partial charge < -0.3 is 20.1 Å². The Labute approximate surface area is 165 Å². The Morgan fingerprint density at radius 3 is 2.82 bits per heavy atom. The largest absolute Gasteiger partial charge is 0.508 e. The minimum Gasteiger partial charge on any atom is -0.508 e. The van der Waals surface area contributed by atoms with E-state index in [4.69, 9.17) is 9.43 Å². The van der Waals surface area contributed by atoms with Crippen molar-refractivity contribution in [3.05, 3.63) is 59.8 Å². The predicted molar refractivity (Wildman–Crippen MR) is 111 cm³/mol. The van der Waals surface area contributed by atoms with E-state index in [0.717, 1.165) is 5.56 Å². The lowest BCUT2D eigenvalue weighted by Crippen LogP contribution is -2.18. The molecule has 1 heterocycles. The lowest BCUT2D eigenvalue weighted by atomic mass is 9.79. The summed E-state index contributed by atoms with van der Waals surface area (Å²) in [5.74, 6) is -0.0210. The summed E-state index contributed by atoms with van der Waals surface area (Å²) >= 11 is 0. The number of anilines is 1. The van der Waals surface area contributed by atoms with Gasteiger partial charge in [0.25, 0.3) is 0 Å². The molecule has 0 spiro atoms. The third kappa shape index (κ3) is 5.91. The maximum atomic E-state index is 13.0. The molecule has 28 heavy (non-hydrogen) atoms. The van der Waals surface area contributed by atoms with Crippen LogP contribution in [0.15, 0.2) is 63.6 Å². The van der Waals surface area contributed by atoms with E-state index in [2.05, 4.69) is 14.7 Å². The van der Waals surface area contributed by atoms with E-state index in [0.29, 0.717) is 23.4 Å². The van der Waals surface area contributed by atoms with E-state index in [1.54, 1.807) is 32.3 Å². The molecule has 0 aliphatic rings. The number of phenols is 1. The molecule has 0 saturated heterocycles. The zero-order valence-electron chi connectivity index (χ0n) is 15.9. The molecule has 0 aliphatic carbocycles. The molecule has 0 radical (unpaired) electrons. The van der Waals surface area contributed by atoms with Crippen LogP contribution < -0.4 is 5.32 Å². The van der Waals surface area contributed by atoms with Gasteiger partial charge in [0, 0.05) is 37.8 Å². The molecule has 0 amide bonds. The van der Waals surface area contributed by atoms with Crippen LogP contribution in [0.4, 0.5) is 5.69 Å². The van der Waals surface area contributed by atoms with E-state index in [1.165, 1.54) is 31.4 Å². The second-order valence-corrected chi connectivity index (χ2v) is 7.80. The molecule has 0 bridgehead atoms. The van der Waals surface area contributed by atoms with Crippen molar-refractivity contribution in [1.82, 2.24) is 4.98 Å². The van der Waals surface area contributed by atoms with E-state index in [1.807, 2.05) is 6.07 Å². The average Bonchev–Trinajstić information content (AvgIpc) is 2.65. The molecule has 0 aliphatic heterocycles. The molecule has 8 nitrogen and oxygen atoms in total. The molecule has 10 heteroatoms. The first-order chi connectivity index (χ1) is 13.2. The molecule has 0 saturated carbocycles. The van der Waals surface area contributed by atoms with Crippen LogP contribution in [0.5, 0.6) is 5.75 Å². The third-order valence-electron chi connectivity index (χ3n) is 3.79. The maximum Gasteiger partial charge on any atom is 0.486 e. The molecule has 2 aromatic rings. The van der Waals surface area contributed by atoms with Crippen LogP contribution in [0.3, 0.4) is 0 Å². The van der Waals surface area contributed by atoms with Gasteiger partial charge in [-0.25, -0.2) is 8.99 Å². The Morgan fingerprint density at radius 1 is 1.43 bits per heavy atom. The van der Waals surface area contributed by atoms with Crippen molar-refractivity contribution < 1.29 is 19.0 Å².